The number of rotatable bonds is 5. The van der Waals surface area contributed by atoms with Crippen molar-refractivity contribution >= 4 is 33.9 Å². The topological polar surface area (TPSA) is 76.1 Å². The molecule has 0 unspecified atom stereocenters. The maximum atomic E-state index is 12.3. The maximum Gasteiger partial charge on any atom is 0.298 e. The highest BCUT2D eigenvalue weighted by atomic mass is 32.1. The Morgan fingerprint density at radius 2 is 1.62 bits per heavy atom. The molecule has 1 amide bonds. The van der Waals surface area contributed by atoms with Gasteiger partial charge in [0, 0.05) is 18.1 Å². The van der Waals surface area contributed by atoms with Crippen molar-refractivity contribution in [2.24, 2.45) is 0 Å². The molecule has 0 bridgehead atoms. The van der Waals surface area contributed by atoms with Gasteiger partial charge in [-0.05, 0) is 6.92 Å². The summed E-state index contributed by atoms with van der Waals surface area (Å²) in [5.74, 6) is -1.57. The number of carbonyl (C=O) groups excluding carboxylic acids is 3. The number of anilines is 1. The Hall–Kier alpha value is -3.12. The predicted molar refractivity (Wildman–Crippen MR) is 102 cm³/mol. The van der Waals surface area contributed by atoms with Crippen molar-refractivity contribution < 1.29 is 14.4 Å². The van der Waals surface area contributed by atoms with Gasteiger partial charge >= 0.3 is 0 Å². The monoisotopic (exact) mass is 364 g/mol. The van der Waals surface area contributed by atoms with E-state index in [0.29, 0.717) is 16.1 Å². The summed E-state index contributed by atoms with van der Waals surface area (Å²) in [6.07, 6.45) is 0. The van der Waals surface area contributed by atoms with Gasteiger partial charge in [0.05, 0.1) is 10.6 Å². The van der Waals surface area contributed by atoms with Crippen molar-refractivity contribution in [3.8, 4) is 11.3 Å². The van der Waals surface area contributed by atoms with Crippen LogP contribution >= 0.6 is 11.3 Å². The largest absolute Gasteiger partial charge is 0.298 e. The molecule has 1 aromatic heterocycles. The smallest absolute Gasteiger partial charge is 0.295 e. The van der Waals surface area contributed by atoms with Crippen LogP contribution in [0.25, 0.3) is 11.3 Å². The first-order valence-corrected chi connectivity index (χ1v) is 8.77. The molecule has 0 aliphatic rings. The molecule has 1 N–H and O–H groups in total. The molecule has 0 spiro atoms. The molecule has 0 saturated heterocycles. The molecule has 0 fully saturated rings. The number of carbonyl (C=O) groups is 3. The third kappa shape index (κ3) is 3.75. The zero-order chi connectivity index (χ0) is 18.7. The van der Waals surface area contributed by atoms with Gasteiger partial charge in [0.2, 0.25) is 0 Å². The number of nitrogens with one attached hydrogen (secondary N) is 1. The number of Topliss-reactive ketones (excluding diaryl/α,β-unsaturated/α-hetero) is 2. The average Bonchev–Trinajstić information content (AvgIpc) is 3.06. The Morgan fingerprint density at radius 1 is 0.962 bits per heavy atom. The van der Waals surface area contributed by atoms with E-state index in [1.165, 1.54) is 6.92 Å². The third-order valence-electron chi connectivity index (χ3n) is 3.73. The molecule has 0 aliphatic carbocycles. The van der Waals surface area contributed by atoms with E-state index in [4.69, 9.17) is 0 Å². The summed E-state index contributed by atoms with van der Waals surface area (Å²) in [5, 5.41) is 2.73. The molecule has 0 saturated carbocycles. The van der Waals surface area contributed by atoms with Crippen LogP contribution in [0.4, 0.5) is 5.13 Å². The minimum Gasteiger partial charge on any atom is -0.295 e. The minimum atomic E-state index is -0.780. The summed E-state index contributed by atoms with van der Waals surface area (Å²) < 4.78 is 0. The van der Waals surface area contributed by atoms with Gasteiger partial charge in [-0.2, -0.15) is 0 Å². The zero-order valence-corrected chi connectivity index (χ0v) is 15.1. The number of ketones is 2. The quantitative estimate of drug-likeness (QED) is 0.545. The number of hydrogen-bond acceptors (Lipinski definition) is 5. The lowest BCUT2D eigenvalue weighted by atomic mass is 10.1. The minimum absolute atomic E-state index is 0.147. The van der Waals surface area contributed by atoms with Crippen molar-refractivity contribution in [3.63, 3.8) is 0 Å². The lowest BCUT2D eigenvalue weighted by Gasteiger charge is -2.01. The lowest BCUT2D eigenvalue weighted by molar-refractivity contribution is -0.112. The van der Waals surface area contributed by atoms with Crippen LogP contribution < -0.4 is 5.32 Å². The normalized spacial score (nSPS) is 10.4. The SMILES string of the molecule is CC(=O)c1sc(NC(=O)C(=O)c2ccc(C)cc2)nc1-c1ccccc1. The summed E-state index contributed by atoms with van der Waals surface area (Å²) >= 11 is 1.06. The first-order chi connectivity index (χ1) is 12.5. The highest BCUT2D eigenvalue weighted by Crippen LogP contribution is 2.31. The van der Waals surface area contributed by atoms with Crippen LogP contribution in [0.2, 0.25) is 0 Å². The molecule has 1 heterocycles. The fourth-order valence-electron chi connectivity index (χ4n) is 2.39. The van der Waals surface area contributed by atoms with Crippen LogP contribution in [0, 0.1) is 6.92 Å². The first kappa shape index (κ1) is 17.7. The van der Waals surface area contributed by atoms with Crippen LogP contribution in [0.3, 0.4) is 0 Å². The summed E-state index contributed by atoms with van der Waals surface area (Å²) in [6, 6.07) is 16.0. The molecule has 0 atom stereocenters. The van der Waals surface area contributed by atoms with E-state index in [9.17, 15) is 14.4 Å². The van der Waals surface area contributed by atoms with Gasteiger partial charge < -0.3 is 0 Å². The number of aryl methyl sites for hydroxylation is 1. The van der Waals surface area contributed by atoms with Crippen LogP contribution in [0.5, 0.6) is 0 Å². The van der Waals surface area contributed by atoms with E-state index in [1.807, 2.05) is 37.3 Å². The van der Waals surface area contributed by atoms with Gasteiger partial charge in [0.1, 0.15) is 0 Å². The van der Waals surface area contributed by atoms with E-state index in [1.54, 1.807) is 24.3 Å². The number of amides is 1. The van der Waals surface area contributed by atoms with Gasteiger partial charge in [-0.1, -0.05) is 71.5 Å². The summed E-state index contributed by atoms with van der Waals surface area (Å²) in [6.45, 7) is 3.35. The van der Waals surface area contributed by atoms with Gasteiger partial charge in [-0.25, -0.2) is 4.98 Å². The van der Waals surface area contributed by atoms with Crippen molar-refractivity contribution in [1.82, 2.24) is 4.98 Å². The lowest BCUT2D eigenvalue weighted by Crippen LogP contribution is -2.22. The molecule has 2 aromatic carbocycles. The van der Waals surface area contributed by atoms with Crippen LogP contribution in [-0.2, 0) is 4.79 Å². The molecule has 6 heteroatoms. The number of benzene rings is 2. The molecule has 130 valence electrons. The molecular weight excluding hydrogens is 348 g/mol. The Labute approximate surface area is 154 Å². The molecule has 3 aromatic rings. The Morgan fingerprint density at radius 3 is 2.23 bits per heavy atom. The van der Waals surface area contributed by atoms with E-state index in [0.717, 1.165) is 22.5 Å². The fourth-order valence-corrected chi connectivity index (χ4v) is 3.27. The van der Waals surface area contributed by atoms with Gasteiger partial charge in [-0.3, -0.25) is 19.7 Å². The second kappa shape index (κ2) is 7.41. The third-order valence-corrected chi connectivity index (χ3v) is 4.81. The van der Waals surface area contributed by atoms with Crippen LogP contribution in [0.1, 0.15) is 32.5 Å². The Bertz CT molecular complexity index is 976. The van der Waals surface area contributed by atoms with Gasteiger partial charge in [0.25, 0.3) is 11.7 Å². The van der Waals surface area contributed by atoms with E-state index >= 15 is 0 Å². The number of hydrogen-bond donors (Lipinski definition) is 1. The summed E-state index contributed by atoms with van der Waals surface area (Å²) in [5.41, 5.74) is 2.58. The predicted octanol–water partition coefficient (Wildman–Crippen LogP) is 4.14. The second-order valence-electron chi connectivity index (χ2n) is 5.77. The second-order valence-corrected chi connectivity index (χ2v) is 6.77. The molecular formula is C20H16N2O3S. The number of aromatic nitrogens is 1. The van der Waals surface area contributed by atoms with Gasteiger partial charge in [-0.15, -0.1) is 0 Å². The molecule has 3 rings (SSSR count). The Balaban J connectivity index is 1.86. The van der Waals surface area contributed by atoms with Gasteiger partial charge in [0.15, 0.2) is 10.9 Å². The molecule has 0 radical (unpaired) electrons. The molecule has 0 aliphatic heterocycles. The maximum absolute atomic E-state index is 12.3. The van der Waals surface area contributed by atoms with Crippen molar-refractivity contribution in [2.75, 3.05) is 5.32 Å². The van der Waals surface area contributed by atoms with Crippen LogP contribution in [0.15, 0.2) is 54.6 Å². The van der Waals surface area contributed by atoms with Crippen molar-refractivity contribution in [2.45, 2.75) is 13.8 Å². The van der Waals surface area contributed by atoms with Crippen molar-refractivity contribution in [1.29, 1.82) is 0 Å². The highest BCUT2D eigenvalue weighted by molar-refractivity contribution is 7.18. The van der Waals surface area contributed by atoms with Crippen molar-refractivity contribution in [3.05, 3.63) is 70.6 Å². The summed E-state index contributed by atoms with van der Waals surface area (Å²) in [4.78, 5) is 41.2. The Kier molecular flexibility index (Phi) is 5.04. The summed E-state index contributed by atoms with van der Waals surface area (Å²) in [7, 11) is 0. The number of thiazole rings is 1. The van der Waals surface area contributed by atoms with E-state index < -0.39 is 11.7 Å². The zero-order valence-electron chi connectivity index (χ0n) is 14.3. The first-order valence-electron chi connectivity index (χ1n) is 7.95. The molecule has 5 nitrogen and oxygen atoms in total. The average molecular weight is 364 g/mol. The van der Waals surface area contributed by atoms with E-state index in [-0.39, 0.29) is 10.9 Å². The molecule has 26 heavy (non-hydrogen) atoms. The fraction of sp³-hybridized carbons (Fsp3) is 0.100. The standard InChI is InChI=1S/C20H16N2O3S/c1-12-8-10-15(11-9-12)17(24)19(25)22-20-21-16(18(26-20)13(2)23)14-6-4-3-5-7-14/h3-11H,1-2H3,(H,21,22,25). The van der Waals surface area contributed by atoms with E-state index in [2.05, 4.69) is 10.3 Å². The highest BCUT2D eigenvalue weighted by Gasteiger charge is 2.21. The number of nitrogens with zero attached hydrogens (tertiary/aromatic N) is 1. The van der Waals surface area contributed by atoms with Crippen LogP contribution in [-0.4, -0.2) is 22.5 Å².